The zero-order chi connectivity index (χ0) is 21.5. The van der Waals surface area contributed by atoms with Crippen LogP contribution in [0.15, 0.2) is 52.9 Å². The molecule has 1 atom stereocenters. The van der Waals surface area contributed by atoms with Crippen LogP contribution in [0.3, 0.4) is 0 Å². The van der Waals surface area contributed by atoms with Gasteiger partial charge in [0.15, 0.2) is 0 Å². The SMILES string of the molecule is CCOC(=O)[C@H](C)NCc1cccc(OCc2nc(-c3ccc(C)cc3)oc2C)c1. The molecule has 0 saturated carbocycles. The minimum Gasteiger partial charge on any atom is -0.487 e. The summed E-state index contributed by atoms with van der Waals surface area (Å²) in [6.07, 6.45) is 0. The molecule has 0 saturated heterocycles. The Bertz CT molecular complexity index is 979. The third-order valence-corrected chi connectivity index (χ3v) is 4.72. The lowest BCUT2D eigenvalue weighted by Crippen LogP contribution is -2.34. The third kappa shape index (κ3) is 5.70. The summed E-state index contributed by atoms with van der Waals surface area (Å²) in [5.41, 5.74) is 3.92. The van der Waals surface area contributed by atoms with Crippen molar-refractivity contribution in [2.45, 2.75) is 46.9 Å². The average molecular weight is 408 g/mol. The van der Waals surface area contributed by atoms with Gasteiger partial charge in [-0.2, -0.15) is 0 Å². The number of nitrogens with zero attached hydrogens (tertiary/aromatic N) is 1. The first-order valence-corrected chi connectivity index (χ1v) is 10.1. The fourth-order valence-corrected chi connectivity index (χ4v) is 2.90. The van der Waals surface area contributed by atoms with E-state index in [1.807, 2.05) is 62.4 Å². The lowest BCUT2D eigenvalue weighted by molar-refractivity contribution is -0.145. The van der Waals surface area contributed by atoms with Crippen molar-refractivity contribution in [2.24, 2.45) is 0 Å². The van der Waals surface area contributed by atoms with E-state index in [4.69, 9.17) is 13.9 Å². The maximum Gasteiger partial charge on any atom is 0.322 e. The summed E-state index contributed by atoms with van der Waals surface area (Å²) in [7, 11) is 0. The average Bonchev–Trinajstić information content (AvgIpc) is 3.12. The van der Waals surface area contributed by atoms with Gasteiger partial charge in [-0.1, -0.05) is 29.8 Å². The Morgan fingerprint density at radius 2 is 1.93 bits per heavy atom. The Kier molecular flexibility index (Phi) is 7.25. The minimum absolute atomic E-state index is 0.254. The number of aromatic nitrogens is 1. The van der Waals surface area contributed by atoms with Crippen LogP contribution in [0.1, 0.15) is 36.4 Å². The fraction of sp³-hybridized carbons (Fsp3) is 0.333. The predicted molar refractivity (Wildman–Crippen MR) is 115 cm³/mol. The van der Waals surface area contributed by atoms with Crippen LogP contribution in [-0.2, 0) is 22.7 Å². The molecule has 0 radical (unpaired) electrons. The van der Waals surface area contributed by atoms with Gasteiger partial charge in [-0.05, 0) is 57.5 Å². The van der Waals surface area contributed by atoms with Gasteiger partial charge in [-0.15, -0.1) is 0 Å². The summed E-state index contributed by atoms with van der Waals surface area (Å²) in [4.78, 5) is 16.3. The predicted octanol–water partition coefficient (Wildman–Crippen LogP) is 4.58. The lowest BCUT2D eigenvalue weighted by Gasteiger charge is -2.13. The molecule has 0 aliphatic carbocycles. The molecule has 30 heavy (non-hydrogen) atoms. The number of carbonyl (C=O) groups is 1. The first kappa shape index (κ1) is 21.6. The number of oxazole rings is 1. The molecule has 6 nitrogen and oxygen atoms in total. The highest BCUT2D eigenvalue weighted by atomic mass is 16.5. The molecular formula is C24H28N2O4. The zero-order valence-corrected chi connectivity index (χ0v) is 17.9. The Labute approximate surface area is 177 Å². The van der Waals surface area contributed by atoms with Gasteiger partial charge >= 0.3 is 5.97 Å². The highest BCUT2D eigenvalue weighted by molar-refractivity contribution is 5.75. The number of hydrogen-bond donors (Lipinski definition) is 1. The van der Waals surface area contributed by atoms with E-state index in [2.05, 4.69) is 10.3 Å². The molecule has 3 aromatic rings. The standard InChI is InChI=1S/C24H28N2O4/c1-5-28-24(27)17(3)25-14-19-7-6-8-21(13-19)29-15-22-18(4)30-23(26-22)20-11-9-16(2)10-12-20/h6-13,17,25H,5,14-15H2,1-4H3/t17-/m0/s1. The molecule has 1 N–H and O–H groups in total. The summed E-state index contributed by atoms with van der Waals surface area (Å²) in [5, 5.41) is 3.16. The van der Waals surface area contributed by atoms with Crippen molar-refractivity contribution in [3.8, 4) is 17.2 Å². The number of esters is 1. The second-order valence-corrected chi connectivity index (χ2v) is 7.18. The van der Waals surface area contributed by atoms with E-state index in [0.29, 0.717) is 25.6 Å². The molecule has 2 aromatic carbocycles. The number of aryl methyl sites for hydroxylation is 2. The summed E-state index contributed by atoms with van der Waals surface area (Å²) < 4.78 is 16.8. The van der Waals surface area contributed by atoms with Crippen molar-refractivity contribution < 1.29 is 18.7 Å². The van der Waals surface area contributed by atoms with Crippen LogP contribution < -0.4 is 10.1 Å². The van der Waals surface area contributed by atoms with E-state index in [-0.39, 0.29) is 12.0 Å². The Morgan fingerprint density at radius 3 is 2.67 bits per heavy atom. The van der Waals surface area contributed by atoms with Crippen LogP contribution in [0.25, 0.3) is 11.5 Å². The van der Waals surface area contributed by atoms with Crippen LogP contribution >= 0.6 is 0 Å². The smallest absolute Gasteiger partial charge is 0.322 e. The third-order valence-electron chi connectivity index (χ3n) is 4.72. The van der Waals surface area contributed by atoms with Gasteiger partial charge in [-0.25, -0.2) is 4.98 Å². The monoisotopic (exact) mass is 408 g/mol. The van der Waals surface area contributed by atoms with Crippen molar-refractivity contribution in [1.29, 1.82) is 0 Å². The molecule has 1 heterocycles. The number of benzene rings is 2. The zero-order valence-electron chi connectivity index (χ0n) is 17.9. The maximum atomic E-state index is 11.7. The topological polar surface area (TPSA) is 73.6 Å². The molecule has 0 aliphatic rings. The van der Waals surface area contributed by atoms with Gasteiger partial charge in [0, 0.05) is 12.1 Å². The van der Waals surface area contributed by atoms with E-state index in [9.17, 15) is 4.79 Å². The van der Waals surface area contributed by atoms with E-state index in [0.717, 1.165) is 28.3 Å². The normalized spacial score (nSPS) is 11.9. The number of nitrogens with one attached hydrogen (secondary N) is 1. The number of ether oxygens (including phenoxy) is 2. The van der Waals surface area contributed by atoms with Gasteiger partial charge in [0.1, 0.15) is 29.9 Å². The first-order valence-electron chi connectivity index (χ1n) is 10.1. The van der Waals surface area contributed by atoms with E-state index in [1.165, 1.54) is 5.56 Å². The summed E-state index contributed by atoms with van der Waals surface area (Å²) >= 11 is 0. The van der Waals surface area contributed by atoms with Crippen molar-refractivity contribution in [3.63, 3.8) is 0 Å². The molecular weight excluding hydrogens is 380 g/mol. The summed E-state index contributed by atoms with van der Waals surface area (Å²) in [6, 6.07) is 15.4. The van der Waals surface area contributed by atoms with Crippen LogP contribution in [0.2, 0.25) is 0 Å². The molecule has 0 unspecified atom stereocenters. The summed E-state index contributed by atoms with van der Waals surface area (Å²) in [6.45, 7) is 8.75. The highest BCUT2D eigenvalue weighted by Gasteiger charge is 2.14. The molecule has 1 aromatic heterocycles. The summed E-state index contributed by atoms with van der Waals surface area (Å²) in [5.74, 6) is 1.82. The van der Waals surface area contributed by atoms with Crippen LogP contribution in [0.5, 0.6) is 5.75 Å². The molecule has 0 aliphatic heterocycles. The Morgan fingerprint density at radius 1 is 1.17 bits per heavy atom. The van der Waals surface area contributed by atoms with Crippen LogP contribution in [-0.4, -0.2) is 23.6 Å². The minimum atomic E-state index is -0.368. The lowest BCUT2D eigenvalue weighted by atomic mass is 10.1. The van der Waals surface area contributed by atoms with E-state index in [1.54, 1.807) is 13.8 Å². The fourth-order valence-electron chi connectivity index (χ4n) is 2.90. The molecule has 0 bridgehead atoms. The van der Waals surface area contributed by atoms with Gasteiger partial charge < -0.3 is 19.2 Å². The van der Waals surface area contributed by atoms with E-state index >= 15 is 0 Å². The highest BCUT2D eigenvalue weighted by Crippen LogP contribution is 2.23. The van der Waals surface area contributed by atoms with Gasteiger partial charge in [0.25, 0.3) is 0 Å². The number of carbonyl (C=O) groups excluding carboxylic acids is 1. The second kappa shape index (κ2) is 10.1. The molecule has 0 amide bonds. The van der Waals surface area contributed by atoms with Crippen LogP contribution in [0.4, 0.5) is 0 Å². The Hall–Kier alpha value is -3.12. The quantitative estimate of drug-likeness (QED) is 0.523. The number of hydrogen-bond acceptors (Lipinski definition) is 6. The molecule has 0 fully saturated rings. The maximum absolute atomic E-state index is 11.7. The van der Waals surface area contributed by atoms with Crippen LogP contribution in [0, 0.1) is 13.8 Å². The molecule has 0 spiro atoms. The first-order chi connectivity index (χ1) is 14.5. The molecule has 6 heteroatoms. The second-order valence-electron chi connectivity index (χ2n) is 7.18. The van der Waals surface area contributed by atoms with Gasteiger partial charge in [0.2, 0.25) is 5.89 Å². The van der Waals surface area contributed by atoms with Crippen molar-refractivity contribution in [2.75, 3.05) is 6.61 Å². The van der Waals surface area contributed by atoms with Crippen molar-refractivity contribution in [1.82, 2.24) is 10.3 Å². The van der Waals surface area contributed by atoms with E-state index < -0.39 is 0 Å². The molecule has 158 valence electrons. The molecule has 3 rings (SSSR count). The Balaban J connectivity index is 1.59. The largest absolute Gasteiger partial charge is 0.487 e. The van der Waals surface area contributed by atoms with Crippen molar-refractivity contribution in [3.05, 3.63) is 71.1 Å². The van der Waals surface area contributed by atoms with Gasteiger partial charge in [0.05, 0.1) is 6.61 Å². The van der Waals surface area contributed by atoms with Crippen molar-refractivity contribution >= 4 is 5.97 Å². The van der Waals surface area contributed by atoms with Gasteiger partial charge in [-0.3, -0.25) is 4.79 Å². The number of rotatable bonds is 9.